The number of aliphatic hydroxyl groups excluding tert-OH is 1. The molecule has 3 N–H and O–H groups in total. The SMILES string of the molecule is CC1C[C@@H](O)C[N+]1(C(=O)O)S(=O)(=O)c1cc(Cl)c(Cl)c(Cl)c1O. The van der Waals surface area contributed by atoms with Crippen molar-refractivity contribution in [2.24, 2.45) is 0 Å². The number of quaternary nitrogens is 1. The second-order valence-corrected chi connectivity index (χ2v) is 8.51. The Morgan fingerprint density at radius 3 is 2.30 bits per heavy atom. The maximum absolute atomic E-state index is 13.0. The fourth-order valence-electron chi connectivity index (χ4n) is 2.77. The number of aromatic hydroxyl groups is 1. The Kier molecular flexibility index (Phi) is 4.80. The van der Waals surface area contributed by atoms with E-state index in [1.54, 1.807) is 0 Å². The number of sulfonamides is 1. The van der Waals surface area contributed by atoms with Crippen molar-refractivity contribution in [2.75, 3.05) is 6.54 Å². The minimum Gasteiger partial charge on any atom is -0.505 e. The van der Waals surface area contributed by atoms with E-state index in [9.17, 15) is 28.5 Å². The molecule has 7 nitrogen and oxygen atoms in total. The molecule has 11 heteroatoms. The summed E-state index contributed by atoms with van der Waals surface area (Å²) in [4.78, 5) is 11.0. The molecule has 0 bridgehead atoms. The molecule has 23 heavy (non-hydrogen) atoms. The van der Waals surface area contributed by atoms with Gasteiger partial charge in [0.15, 0.2) is 10.6 Å². The van der Waals surface area contributed by atoms with Crippen LogP contribution in [0, 0.1) is 0 Å². The van der Waals surface area contributed by atoms with E-state index in [-0.39, 0.29) is 16.5 Å². The summed E-state index contributed by atoms with van der Waals surface area (Å²) < 4.78 is 24.4. The highest BCUT2D eigenvalue weighted by Gasteiger charge is 2.61. The van der Waals surface area contributed by atoms with Crippen LogP contribution in [0.2, 0.25) is 15.1 Å². The second kappa shape index (κ2) is 5.94. The standard InChI is InChI=1S/C12H12Cl3NO6S/c1-5-2-6(17)4-16(5,12(19)20)23(21,22)8-3-7(13)9(14)10(15)11(8)18/h3,5-6,17H,2,4H2,1H3,(H-,18,19,20)/p+1/t5?,6-,16?/m1/s1. The lowest BCUT2D eigenvalue weighted by molar-refractivity contribution is -0.743. The van der Waals surface area contributed by atoms with Crippen molar-refractivity contribution < 1.29 is 32.4 Å². The summed E-state index contributed by atoms with van der Waals surface area (Å²) in [5, 5.41) is 28.3. The van der Waals surface area contributed by atoms with Gasteiger partial charge in [-0.15, -0.1) is 3.89 Å². The summed E-state index contributed by atoms with van der Waals surface area (Å²) in [6.07, 6.45) is -2.81. The summed E-state index contributed by atoms with van der Waals surface area (Å²) >= 11 is 17.3. The predicted molar refractivity (Wildman–Crippen MR) is 83.6 cm³/mol. The summed E-state index contributed by atoms with van der Waals surface area (Å²) in [5.74, 6) is -0.881. The van der Waals surface area contributed by atoms with Crippen LogP contribution >= 0.6 is 34.8 Å². The second-order valence-electron chi connectivity index (χ2n) is 5.31. The summed E-state index contributed by atoms with van der Waals surface area (Å²) in [5.41, 5.74) is 0. The van der Waals surface area contributed by atoms with Crippen LogP contribution in [-0.2, 0) is 10.0 Å². The van der Waals surface area contributed by atoms with E-state index in [1.165, 1.54) is 6.92 Å². The fraction of sp³-hybridized carbons (Fsp3) is 0.417. The van der Waals surface area contributed by atoms with Crippen LogP contribution in [0.5, 0.6) is 5.75 Å². The first-order valence-corrected chi connectivity index (χ1v) is 8.95. The molecule has 1 aliphatic heterocycles. The highest BCUT2D eigenvalue weighted by Crippen LogP contribution is 2.45. The quantitative estimate of drug-likeness (QED) is 0.515. The topological polar surface area (TPSA) is 112 Å². The van der Waals surface area contributed by atoms with Crippen molar-refractivity contribution in [1.29, 1.82) is 0 Å². The molecular formula is C12H13Cl3NO6S+. The van der Waals surface area contributed by atoms with Crippen LogP contribution in [0.1, 0.15) is 13.3 Å². The number of carboxylic acid groups (broad SMARTS) is 1. The third-order valence-corrected chi connectivity index (χ3v) is 7.58. The zero-order valence-electron chi connectivity index (χ0n) is 11.7. The lowest BCUT2D eigenvalue weighted by Crippen LogP contribution is -2.58. The van der Waals surface area contributed by atoms with Crippen LogP contribution in [0.25, 0.3) is 0 Å². The number of hydrogen-bond acceptors (Lipinski definition) is 5. The van der Waals surface area contributed by atoms with Gasteiger partial charge in [-0.05, 0) is 13.0 Å². The van der Waals surface area contributed by atoms with Gasteiger partial charge >= 0.3 is 16.1 Å². The number of phenols is 1. The highest BCUT2D eigenvalue weighted by atomic mass is 35.5. The molecule has 1 saturated heterocycles. The number of hydrogen-bond donors (Lipinski definition) is 3. The normalized spacial score (nSPS) is 28.0. The number of rotatable bonds is 2. The first kappa shape index (κ1) is 18.6. The molecule has 2 rings (SSSR count). The van der Waals surface area contributed by atoms with Crippen molar-refractivity contribution in [3.05, 3.63) is 21.1 Å². The van der Waals surface area contributed by atoms with Crippen LogP contribution in [0.4, 0.5) is 4.79 Å². The lowest BCUT2D eigenvalue weighted by Gasteiger charge is -2.31. The number of aliphatic hydroxyl groups is 1. The van der Waals surface area contributed by atoms with E-state index in [0.717, 1.165) is 6.07 Å². The van der Waals surface area contributed by atoms with Gasteiger partial charge < -0.3 is 15.3 Å². The van der Waals surface area contributed by atoms with E-state index in [4.69, 9.17) is 34.8 Å². The maximum Gasteiger partial charge on any atom is 0.529 e. The monoisotopic (exact) mass is 404 g/mol. The molecule has 1 aliphatic rings. The van der Waals surface area contributed by atoms with Gasteiger partial charge in [-0.3, -0.25) is 0 Å². The minimum atomic E-state index is -4.67. The molecule has 1 aromatic rings. The molecule has 0 radical (unpaired) electrons. The third-order valence-electron chi connectivity index (χ3n) is 3.94. The molecule has 0 aromatic heterocycles. The van der Waals surface area contributed by atoms with Gasteiger partial charge in [-0.1, -0.05) is 34.8 Å². The Morgan fingerprint density at radius 1 is 1.30 bits per heavy atom. The van der Waals surface area contributed by atoms with Crippen molar-refractivity contribution in [3.63, 3.8) is 0 Å². The minimum absolute atomic E-state index is 0.0264. The Labute approximate surface area is 147 Å². The number of benzene rings is 1. The molecule has 3 atom stereocenters. The van der Waals surface area contributed by atoms with E-state index in [2.05, 4.69) is 0 Å². The van der Waals surface area contributed by atoms with Crippen LogP contribution in [-0.4, -0.2) is 52.4 Å². The summed E-state index contributed by atoms with van der Waals surface area (Å²) in [6, 6.07) is -0.0963. The van der Waals surface area contributed by atoms with E-state index in [1.807, 2.05) is 0 Å². The summed E-state index contributed by atoms with van der Waals surface area (Å²) in [6.45, 7) is 0.828. The Bertz CT molecular complexity index is 783. The fourth-order valence-corrected chi connectivity index (χ4v) is 5.59. The van der Waals surface area contributed by atoms with E-state index >= 15 is 0 Å². The van der Waals surface area contributed by atoms with Gasteiger partial charge in [0.2, 0.25) is 0 Å². The average Bonchev–Trinajstić information content (AvgIpc) is 2.76. The van der Waals surface area contributed by atoms with Crippen LogP contribution in [0.15, 0.2) is 11.0 Å². The van der Waals surface area contributed by atoms with Crippen LogP contribution in [0.3, 0.4) is 0 Å². The number of amides is 1. The number of halogens is 3. The molecule has 0 aliphatic carbocycles. The van der Waals surface area contributed by atoms with Gasteiger partial charge in [0.1, 0.15) is 23.7 Å². The van der Waals surface area contributed by atoms with E-state index in [0.29, 0.717) is 0 Å². The van der Waals surface area contributed by atoms with Gasteiger partial charge in [0.05, 0.1) is 10.0 Å². The van der Waals surface area contributed by atoms with Crippen molar-refractivity contribution >= 4 is 50.9 Å². The molecule has 1 aromatic carbocycles. The number of nitrogens with zero attached hydrogens (tertiary/aromatic N) is 1. The molecular weight excluding hydrogens is 393 g/mol. The van der Waals surface area contributed by atoms with Crippen LogP contribution < -0.4 is 0 Å². The molecule has 0 spiro atoms. The number of carbonyl (C=O) groups is 1. The largest absolute Gasteiger partial charge is 0.529 e. The van der Waals surface area contributed by atoms with Crippen molar-refractivity contribution in [2.45, 2.75) is 30.4 Å². The predicted octanol–water partition coefficient (Wildman–Crippen LogP) is 2.69. The molecule has 128 valence electrons. The average molecular weight is 406 g/mol. The Hall–Kier alpha value is -0.770. The smallest absolute Gasteiger partial charge is 0.505 e. The van der Waals surface area contributed by atoms with Gasteiger partial charge in [0.25, 0.3) is 0 Å². The first-order chi connectivity index (χ1) is 10.5. The molecule has 2 unspecified atom stereocenters. The van der Waals surface area contributed by atoms with E-state index < -0.39 is 54.4 Å². The number of phenolic OH excluding ortho intramolecular Hbond substituents is 1. The molecule has 0 saturated carbocycles. The lowest BCUT2D eigenvalue weighted by atomic mass is 10.2. The van der Waals surface area contributed by atoms with Gasteiger partial charge in [0, 0.05) is 6.42 Å². The molecule has 1 fully saturated rings. The third kappa shape index (κ3) is 2.57. The molecule has 1 heterocycles. The Balaban J connectivity index is 2.78. The van der Waals surface area contributed by atoms with Crippen molar-refractivity contribution in [3.8, 4) is 5.75 Å². The van der Waals surface area contributed by atoms with Gasteiger partial charge in [-0.25, -0.2) is 0 Å². The number of likely N-dealkylation sites (tertiary alicyclic amines) is 1. The first-order valence-electron chi connectivity index (χ1n) is 6.37. The van der Waals surface area contributed by atoms with Gasteiger partial charge in [-0.2, -0.15) is 13.2 Å². The zero-order valence-corrected chi connectivity index (χ0v) is 14.8. The molecule has 1 amide bonds. The zero-order chi connectivity index (χ0) is 17.7. The summed E-state index contributed by atoms with van der Waals surface area (Å²) in [7, 11) is -4.67. The Morgan fingerprint density at radius 2 is 1.87 bits per heavy atom. The highest BCUT2D eigenvalue weighted by molar-refractivity contribution is 7.86. The maximum atomic E-state index is 13.0. The van der Waals surface area contributed by atoms with Crippen molar-refractivity contribution in [1.82, 2.24) is 0 Å².